The van der Waals surface area contributed by atoms with Crippen LogP contribution in [0, 0.1) is 0 Å². The minimum absolute atomic E-state index is 0.00175. The monoisotopic (exact) mass is 1470 g/mol. The third kappa shape index (κ3) is 11.0. The molecule has 0 spiro atoms. The number of benzene rings is 16. The highest BCUT2D eigenvalue weighted by molar-refractivity contribution is 7.00. The van der Waals surface area contributed by atoms with Gasteiger partial charge in [0.2, 0.25) is 0 Å². The number of rotatable bonds is 10. The number of aromatic nitrogens is 3. The first-order valence-corrected chi connectivity index (χ1v) is 39.6. The van der Waals surface area contributed by atoms with Crippen LogP contribution in [0.5, 0.6) is 0 Å². The average Bonchev–Trinajstić information content (AvgIpc) is 0.980. The lowest BCUT2D eigenvalue weighted by Gasteiger charge is -2.45. The van der Waals surface area contributed by atoms with Gasteiger partial charge in [-0.1, -0.05) is 293 Å². The minimum Gasteiger partial charge on any atom is -0.311 e. The number of anilines is 6. The maximum atomic E-state index is 10.0. The predicted molar refractivity (Wildman–Crippen MR) is 487 cm³/mol. The van der Waals surface area contributed by atoms with Crippen molar-refractivity contribution in [2.45, 2.75) is 78.6 Å². The van der Waals surface area contributed by atoms with Crippen LogP contribution in [0.2, 0.25) is 0 Å². The summed E-state index contributed by atoms with van der Waals surface area (Å²) >= 11 is 0. The van der Waals surface area contributed by atoms with Crippen LogP contribution in [0.3, 0.4) is 0 Å². The largest absolute Gasteiger partial charge is 0.311 e. The van der Waals surface area contributed by atoms with Crippen LogP contribution in [0.25, 0.3) is 138 Å². The van der Waals surface area contributed by atoms with Gasteiger partial charge in [-0.2, -0.15) is 0 Å². The van der Waals surface area contributed by atoms with Gasteiger partial charge >= 0.3 is 0 Å². The quantitative estimate of drug-likeness (QED) is 0.127. The highest BCUT2D eigenvalue weighted by Crippen LogP contribution is 2.55. The zero-order chi connectivity index (χ0) is 84.0. The number of para-hydroxylation sites is 4. The van der Waals surface area contributed by atoms with Gasteiger partial charge in [0.15, 0.2) is 0 Å². The molecule has 2 aliphatic rings. The van der Waals surface area contributed by atoms with Crippen molar-refractivity contribution < 1.29 is 11.0 Å². The van der Waals surface area contributed by atoms with E-state index in [0.717, 1.165) is 156 Å². The summed E-state index contributed by atoms with van der Waals surface area (Å²) < 4.78 is 83.2. The summed E-state index contributed by atoms with van der Waals surface area (Å²) in [5, 5.41) is 4.50. The highest BCUT2D eigenvalue weighted by atomic mass is 15.2. The van der Waals surface area contributed by atoms with Crippen LogP contribution < -0.4 is 26.2 Å². The first-order valence-electron chi connectivity index (χ1n) is 43.6. The van der Waals surface area contributed by atoms with Gasteiger partial charge in [0.25, 0.3) is 6.71 Å². The van der Waals surface area contributed by atoms with Gasteiger partial charge in [-0.25, -0.2) is 0 Å². The van der Waals surface area contributed by atoms with Crippen LogP contribution in [-0.2, 0) is 16.2 Å². The van der Waals surface area contributed by atoms with Gasteiger partial charge in [-0.3, -0.25) is 0 Å². The normalized spacial score (nSPS) is 13.9. The molecule has 0 bridgehead atoms. The standard InChI is InChI=1S/C108H86BN5/c1-106(2,3)76-50-56-96-89(63-76)90-64-77(107(4,5)6)51-57-97(90)112(96)80-52-54-91-99(67-80)113(82-59-73(69-32-15-10-16-33-69)58-74(60-82)70-34-17-11-18-35-70)101-61-75(83-45-31-49-98-103(83)86-44-27-30-48-95(86)110(98)79-40-23-14-24-41-79)62-102-104(101)109(91)92-55-53-81(111-93-46-28-25-42-84(93)85-43-26-29-47-94(85)111)68-100(92)114(102)105-87(71-36-19-12-20-37-71)65-78(108(7,8)9)66-88(105)72-38-21-13-22-39-72/h10-68H,1-9H3/i25D,26D,28D,29D,42D,43D,46D,47D. The molecule has 0 unspecified atom stereocenters. The van der Waals surface area contributed by atoms with E-state index in [0.29, 0.717) is 5.69 Å². The van der Waals surface area contributed by atoms with Gasteiger partial charge in [0, 0.05) is 88.9 Å². The molecule has 114 heavy (non-hydrogen) atoms. The first-order chi connectivity index (χ1) is 58.8. The van der Waals surface area contributed by atoms with Crippen molar-refractivity contribution in [3.05, 3.63) is 374 Å². The van der Waals surface area contributed by atoms with E-state index < -0.39 is 43.0 Å². The van der Waals surface area contributed by atoms with Gasteiger partial charge in [-0.15, -0.1) is 0 Å². The second-order valence-corrected chi connectivity index (χ2v) is 33.9. The molecule has 19 aromatic rings. The lowest BCUT2D eigenvalue weighted by Crippen LogP contribution is -2.61. The number of hydrogen-bond acceptors (Lipinski definition) is 2. The molecule has 21 rings (SSSR count). The van der Waals surface area contributed by atoms with Gasteiger partial charge in [-0.05, 0) is 221 Å². The van der Waals surface area contributed by atoms with E-state index in [9.17, 15) is 11.0 Å². The van der Waals surface area contributed by atoms with E-state index in [2.05, 4.69) is 385 Å². The second kappa shape index (κ2) is 26.1. The summed E-state index contributed by atoms with van der Waals surface area (Å²) in [6.07, 6.45) is 0. The minimum atomic E-state index is -0.555. The van der Waals surface area contributed by atoms with Gasteiger partial charge in [0.1, 0.15) is 0 Å². The van der Waals surface area contributed by atoms with Crippen molar-refractivity contribution in [2.75, 3.05) is 9.80 Å². The van der Waals surface area contributed by atoms with Crippen LogP contribution in [0.1, 0.15) is 90.0 Å². The molecular formula is C108H86BN5. The Bertz CT molecular complexity index is 7340. The molecule has 16 aromatic carbocycles. The molecule has 0 fully saturated rings. The van der Waals surface area contributed by atoms with Crippen molar-refractivity contribution in [3.63, 3.8) is 0 Å². The molecule has 5 heterocycles. The fourth-order valence-electron chi connectivity index (χ4n) is 18.3. The molecule has 5 nitrogen and oxygen atoms in total. The van der Waals surface area contributed by atoms with Crippen molar-refractivity contribution >= 4 is 123 Å². The van der Waals surface area contributed by atoms with E-state index in [1.54, 1.807) is 4.57 Å². The van der Waals surface area contributed by atoms with Crippen molar-refractivity contribution in [1.29, 1.82) is 0 Å². The van der Waals surface area contributed by atoms with Crippen molar-refractivity contribution in [1.82, 2.24) is 13.7 Å². The molecule has 546 valence electrons. The first kappa shape index (κ1) is 60.3. The Labute approximate surface area is 678 Å². The number of fused-ring (bicyclic) bond motifs is 13. The fourth-order valence-corrected chi connectivity index (χ4v) is 18.3. The van der Waals surface area contributed by atoms with Crippen molar-refractivity contribution in [3.8, 4) is 72.7 Å². The third-order valence-electron chi connectivity index (χ3n) is 23.9. The molecule has 0 aliphatic carbocycles. The summed E-state index contributed by atoms with van der Waals surface area (Å²) in [6, 6.07) is 109. The Hall–Kier alpha value is -13.4. The number of hydrogen-bond donors (Lipinski definition) is 0. The molecular weight excluding hydrogens is 1380 g/mol. The SMILES string of the molecule is [2H]c1c([2H])c([2H])c2c(c1[2H])c1c([2H])c([2H])c([2H])c([2H])c1n2-c1ccc2c(c1)N(c1c(-c3ccccc3)cc(C(C)(C)C)cc1-c1ccccc1)c1cc(-c3cccc4c3c3ccccc3n4-c3ccccc3)cc3c1B2c1ccc(-n2c4ccc(C(C)(C)C)cc4c4cc(C(C)(C)C)ccc42)cc1N3c1cc(-c2ccccc2)cc(-c2ccccc2)c1. The third-order valence-corrected chi connectivity index (χ3v) is 23.9. The smallest absolute Gasteiger partial charge is 0.252 e. The van der Waals surface area contributed by atoms with Crippen LogP contribution in [0.4, 0.5) is 34.1 Å². The summed E-state index contributed by atoms with van der Waals surface area (Å²) in [5.74, 6) is 0. The van der Waals surface area contributed by atoms with Crippen LogP contribution in [0.15, 0.2) is 358 Å². The van der Waals surface area contributed by atoms with E-state index in [4.69, 9.17) is 0 Å². The molecule has 0 saturated heterocycles. The summed E-state index contributed by atoms with van der Waals surface area (Å²) in [7, 11) is 0. The molecule has 3 aromatic heterocycles. The molecule has 0 amide bonds. The summed E-state index contributed by atoms with van der Waals surface area (Å²) in [5.41, 5.74) is 28.0. The van der Waals surface area contributed by atoms with Crippen LogP contribution >= 0.6 is 0 Å². The zero-order valence-electron chi connectivity index (χ0n) is 73.3. The van der Waals surface area contributed by atoms with E-state index in [-0.39, 0.29) is 50.1 Å². The topological polar surface area (TPSA) is 21.3 Å². The zero-order valence-corrected chi connectivity index (χ0v) is 65.3. The Morgan fingerprint density at radius 1 is 0.254 bits per heavy atom. The maximum absolute atomic E-state index is 10.0. The van der Waals surface area contributed by atoms with Crippen LogP contribution in [-0.4, -0.2) is 20.4 Å². The number of nitrogens with zero attached hydrogens (tertiary/aromatic N) is 5. The van der Waals surface area contributed by atoms with Gasteiger partial charge < -0.3 is 23.5 Å². The summed E-state index contributed by atoms with van der Waals surface area (Å²) in [4.78, 5) is 5.03. The molecule has 6 heteroatoms. The molecule has 0 saturated carbocycles. The molecule has 0 atom stereocenters. The molecule has 0 radical (unpaired) electrons. The van der Waals surface area contributed by atoms with E-state index >= 15 is 0 Å². The Balaban J connectivity index is 0.972. The Morgan fingerprint density at radius 2 is 0.684 bits per heavy atom. The Kier molecular flexibility index (Phi) is 13.8. The molecule has 0 N–H and O–H groups in total. The average molecular weight is 1470 g/mol. The predicted octanol–water partition coefficient (Wildman–Crippen LogP) is 27.3. The maximum Gasteiger partial charge on any atom is 0.252 e. The Morgan fingerprint density at radius 3 is 1.20 bits per heavy atom. The van der Waals surface area contributed by atoms with E-state index in [1.807, 2.05) is 6.07 Å². The highest BCUT2D eigenvalue weighted by Gasteiger charge is 2.46. The van der Waals surface area contributed by atoms with Gasteiger partial charge in [0.05, 0.1) is 49.8 Å². The summed E-state index contributed by atoms with van der Waals surface area (Å²) in [6.45, 7) is 20.0. The fraction of sp³-hybridized carbons (Fsp3) is 0.111. The second-order valence-electron chi connectivity index (χ2n) is 33.9. The lowest BCUT2D eigenvalue weighted by atomic mass is 9.33. The lowest BCUT2D eigenvalue weighted by molar-refractivity contribution is 0.590. The van der Waals surface area contributed by atoms with E-state index in [1.165, 1.54) is 21.9 Å². The molecule has 2 aliphatic heterocycles. The van der Waals surface area contributed by atoms with Crippen molar-refractivity contribution in [2.24, 2.45) is 0 Å².